The molecule has 0 aliphatic carbocycles. The number of fused-ring (bicyclic) bond motifs is 1. The third-order valence-electron chi connectivity index (χ3n) is 5.00. The Morgan fingerprint density at radius 3 is 2.70 bits per heavy atom. The van der Waals surface area contributed by atoms with Gasteiger partial charge >= 0.3 is 0 Å². The fourth-order valence-electron chi connectivity index (χ4n) is 3.62. The minimum atomic E-state index is -0.426. The van der Waals surface area contributed by atoms with E-state index in [2.05, 4.69) is 46.9 Å². The van der Waals surface area contributed by atoms with E-state index in [0.717, 1.165) is 37.8 Å². The lowest BCUT2D eigenvalue weighted by molar-refractivity contribution is -0.123. The molecule has 4 rings (SSSR count). The van der Waals surface area contributed by atoms with Crippen LogP contribution >= 0.6 is 23.4 Å². The van der Waals surface area contributed by atoms with Crippen LogP contribution in [0.3, 0.4) is 0 Å². The van der Waals surface area contributed by atoms with Crippen molar-refractivity contribution in [3.8, 4) is 0 Å². The normalized spacial score (nSPS) is 19.0. The van der Waals surface area contributed by atoms with Crippen LogP contribution in [-0.2, 0) is 4.79 Å². The van der Waals surface area contributed by atoms with Crippen molar-refractivity contribution in [3.05, 3.63) is 58.2 Å². The zero-order valence-electron chi connectivity index (χ0n) is 17.1. The number of anilines is 1. The third kappa shape index (κ3) is 4.86. The van der Waals surface area contributed by atoms with Crippen LogP contribution in [0.2, 0.25) is 5.02 Å². The minimum absolute atomic E-state index is 0.00253. The summed E-state index contributed by atoms with van der Waals surface area (Å²) in [5.74, 6) is 1.26. The van der Waals surface area contributed by atoms with Gasteiger partial charge in [-0.2, -0.15) is 0 Å². The Hall–Kier alpha value is -2.35. The summed E-state index contributed by atoms with van der Waals surface area (Å²) in [7, 11) is 0. The van der Waals surface area contributed by atoms with E-state index >= 15 is 0 Å². The van der Waals surface area contributed by atoms with E-state index in [0.29, 0.717) is 12.4 Å². The van der Waals surface area contributed by atoms with Crippen molar-refractivity contribution < 1.29 is 4.79 Å². The smallest absolute Gasteiger partial charge is 0.226 e. The predicted octanol–water partition coefficient (Wildman–Crippen LogP) is 4.17. The van der Waals surface area contributed by atoms with Crippen molar-refractivity contribution in [2.24, 2.45) is 0 Å². The number of rotatable bonds is 5. The van der Waals surface area contributed by atoms with Crippen molar-refractivity contribution in [2.75, 3.05) is 11.1 Å². The summed E-state index contributed by atoms with van der Waals surface area (Å²) in [6.45, 7) is 6.10. The molecule has 2 heterocycles. The van der Waals surface area contributed by atoms with E-state index in [1.165, 1.54) is 5.56 Å². The maximum Gasteiger partial charge on any atom is 0.226 e. The second-order valence-electron chi connectivity index (χ2n) is 7.59. The first-order chi connectivity index (χ1) is 14.4. The van der Waals surface area contributed by atoms with Crippen LogP contribution in [0.4, 0.5) is 5.95 Å². The summed E-state index contributed by atoms with van der Waals surface area (Å²) in [5.41, 5.74) is 4.13. The van der Waals surface area contributed by atoms with Crippen molar-refractivity contribution >= 4 is 46.1 Å². The molecule has 1 fully saturated rings. The van der Waals surface area contributed by atoms with Crippen molar-refractivity contribution in [3.63, 3.8) is 0 Å². The number of carbonyl (C=O) groups excluding carboxylic acids is 1. The highest BCUT2D eigenvalue weighted by Gasteiger charge is 2.26. The number of halogens is 1. The molecule has 0 saturated carbocycles. The lowest BCUT2D eigenvalue weighted by atomic mass is 10.1. The highest BCUT2D eigenvalue weighted by Crippen LogP contribution is 2.24. The summed E-state index contributed by atoms with van der Waals surface area (Å²) in [5, 5.41) is 11.4. The number of benzene rings is 2. The lowest BCUT2D eigenvalue weighted by Gasteiger charge is -2.32. The zero-order valence-corrected chi connectivity index (χ0v) is 18.7. The number of aromatic nitrogens is 2. The number of hydrogen-bond acceptors (Lipinski definition) is 6. The molecular formula is C22H24ClN5OS. The lowest BCUT2D eigenvalue weighted by Crippen LogP contribution is -2.60. The molecule has 0 spiro atoms. The molecule has 1 amide bonds. The predicted molar refractivity (Wildman–Crippen MR) is 123 cm³/mol. The van der Waals surface area contributed by atoms with E-state index in [4.69, 9.17) is 16.6 Å². The first-order valence-corrected chi connectivity index (χ1v) is 11.2. The average Bonchev–Trinajstić information content (AvgIpc) is 2.68. The molecule has 6 nitrogen and oxygen atoms in total. The van der Waals surface area contributed by atoms with Gasteiger partial charge in [0, 0.05) is 33.5 Å². The summed E-state index contributed by atoms with van der Waals surface area (Å²) in [6.07, 6.45) is -0.000872. The number of amides is 1. The number of thioether (sulfide) groups is 1. The Morgan fingerprint density at radius 2 is 1.93 bits per heavy atom. The molecule has 30 heavy (non-hydrogen) atoms. The highest BCUT2D eigenvalue weighted by atomic mass is 35.5. The maximum atomic E-state index is 12.2. The average molecular weight is 442 g/mol. The Labute approximate surface area is 185 Å². The van der Waals surface area contributed by atoms with Gasteiger partial charge in [0.05, 0.1) is 11.2 Å². The van der Waals surface area contributed by atoms with Gasteiger partial charge in [0.25, 0.3) is 0 Å². The molecule has 3 aromatic rings. The van der Waals surface area contributed by atoms with Gasteiger partial charge < -0.3 is 10.6 Å². The standard InChI is InChI=1S/C22H24ClN5OS/c1-12-8-13(2)20-18(9-12)14(3)24-21(27-20)28-22-25-16(10-19(29)26-22)11-30-17-6-4-15(23)5-7-17/h4-9,16,22,25H,10-11H2,1-3H3,(H,26,29)(H,24,27,28). The fourth-order valence-corrected chi connectivity index (χ4v) is 4.68. The zero-order chi connectivity index (χ0) is 21.3. The minimum Gasteiger partial charge on any atom is -0.323 e. The number of carbonyl (C=O) groups is 1. The Morgan fingerprint density at radius 1 is 1.17 bits per heavy atom. The number of nitrogens with zero attached hydrogens (tertiary/aromatic N) is 2. The number of aryl methyl sites for hydroxylation is 3. The molecule has 2 unspecified atom stereocenters. The van der Waals surface area contributed by atoms with Gasteiger partial charge in [-0.25, -0.2) is 9.97 Å². The largest absolute Gasteiger partial charge is 0.323 e. The summed E-state index contributed by atoms with van der Waals surface area (Å²) in [6, 6.07) is 12.0. The molecule has 156 valence electrons. The SMILES string of the molecule is Cc1cc(C)c2nc(NC3NC(=O)CC(CSc4ccc(Cl)cc4)N3)nc(C)c2c1. The molecule has 1 aliphatic rings. The van der Waals surface area contributed by atoms with Gasteiger partial charge in [-0.1, -0.05) is 23.2 Å². The van der Waals surface area contributed by atoms with Crippen LogP contribution in [0.1, 0.15) is 23.2 Å². The third-order valence-corrected chi connectivity index (χ3v) is 6.43. The molecule has 0 bridgehead atoms. The monoisotopic (exact) mass is 441 g/mol. The van der Waals surface area contributed by atoms with Gasteiger partial charge in [0.15, 0.2) is 6.29 Å². The Balaban J connectivity index is 1.46. The summed E-state index contributed by atoms with van der Waals surface area (Å²) >= 11 is 7.64. The fraction of sp³-hybridized carbons (Fsp3) is 0.318. The number of nitrogens with one attached hydrogen (secondary N) is 3. The van der Waals surface area contributed by atoms with Gasteiger partial charge in [0.1, 0.15) is 0 Å². The number of hydrogen-bond donors (Lipinski definition) is 3. The second-order valence-corrected chi connectivity index (χ2v) is 9.12. The van der Waals surface area contributed by atoms with Gasteiger partial charge in [-0.05, 0) is 56.7 Å². The van der Waals surface area contributed by atoms with E-state index in [-0.39, 0.29) is 11.9 Å². The van der Waals surface area contributed by atoms with Crippen LogP contribution in [0.15, 0.2) is 41.3 Å². The van der Waals surface area contributed by atoms with Crippen molar-refractivity contribution in [1.82, 2.24) is 20.6 Å². The molecular weight excluding hydrogens is 418 g/mol. The second kappa shape index (κ2) is 8.79. The Bertz CT molecular complexity index is 1090. The van der Waals surface area contributed by atoms with Crippen LogP contribution in [-0.4, -0.2) is 34.0 Å². The summed E-state index contributed by atoms with van der Waals surface area (Å²) in [4.78, 5) is 22.7. The van der Waals surface area contributed by atoms with Crippen LogP contribution in [0, 0.1) is 20.8 Å². The van der Waals surface area contributed by atoms with Crippen LogP contribution in [0.5, 0.6) is 0 Å². The van der Waals surface area contributed by atoms with E-state index < -0.39 is 6.29 Å². The van der Waals surface area contributed by atoms with E-state index in [1.54, 1.807) is 11.8 Å². The molecule has 0 radical (unpaired) electrons. The quantitative estimate of drug-likeness (QED) is 0.515. The van der Waals surface area contributed by atoms with E-state index in [9.17, 15) is 4.79 Å². The molecule has 1 aromatic heterocycles. The van der Waals surface area contributed by atoms with Crippen molar-refractivity contribution in [1.29, 1.82) is 0 Å². The maximum absolute atomic E-state index is 12.2. The van der Waals surface area contributed by atoms with Crippen molar-refractivity contribution in [2.45, 2.75) is 44.4 Å². The molecule has 3 N–H and O–H groups in total. The van der Waals surface area contributed by atoms with Gasteiger partial charge in [-0.15, -0.1) is 11.8 Å². The van der Waals surface area contributed by atoms with Crippen LogP contribution < -0.4 is 16.0 Å². The van der Waals surface area contributed by atoms with Gasteiger partial charge in [-0.3, -0.25) is 10.1 Å². The molecule has 1 aliphatic heterocycles. The molecule has 8 heteroatoms. The molecule has 1 saturated heterocycles. The van der Waals surface area contributed by atoms with E-state index in [1.807, 2.05) is 31.2 Å². The molecule has 2 atom stereocenters. The summed E-state index contributed by atoms with van der Waals surface area (Å²) < 4.78 is 0. The topological polar surface area (TPSA) is 78.9 Å². The molecule has 2 aromatic carbocycles. The first kappa shape index (κ1) is 20.9. The van der Waals surface area contributed by atoms with Gasteiger partial charge in [0.2, 0.25) is 11.9 Å². The van der Waals surface area contributed by atoms with Crippen LogP contribution in [0.25, 0.3) is 10.9 Å². The Kier molecular flexibility index (Phi) is 6.13. The first-order valence-electron chi connectivity index (χ1n) is 9.83. The highest BCUT2D eigenvalue weighted by molar-refractivity contribution is 7.99.